The first-order chi connectivity index (χ1) is 9.60. The number of nitrogens with zero attached hydrogens (tertiary/aromatic N) is 2. The normalized spacial score (nSPS) is 22.9. The minimum Gasteiger partial charge on any atom is -0.384 e. The Morgan fingerprint density at radius 2 is 2.05 bits per heavy atom. The van der Waals surface area contributed by atoms with Crippen molar-refractivity contribution in [2.24, 2.45) is 5.92 Å². The molecular weight excluding hydrogens is 258 g/mol. The number of carbonyl (C=O) groups is 1. The molecule has 2 amide bonds. The van der Waals surface area contributed by atoms with E-state index in [0.717, 1.165) is 32.3 Å². The SMILES string of the molecule is COCC1CCC(NC(=O)NC(C#N)C(=N)C#N)CC1. The van der Waals surface area contributed by atoms with Crippen LogP contribution in [0.1, 0.15) is 25.7 Å². The first-order valence-electron chi connectivity index (χ1n) is 6.54. The van der Waals surface area contributed by atoms with Crippen LogP contribution in [0.15, 0.2) is 0 Å². The minimum absolute atomic E-state index is 0.0683. The van der Waals surface area contributed by atoms with Gasteiger partial charge in [0.2, 0.25) is 0 Å². The molecule has 108 valence electrons. The van der Waals surface area contributed by atoms with Gasteiger partial charge < -0.3 is 15.4 Å². The van der Waals surface area contributed by atoms with Gasteiger partial charge in [0.1, 0.15) is 11.8 Å². The van der Waals surface area contributed by atoms with Gasteiger partial charge in [0, 0.05) is 19.8 Å². The summed E-state index contributed by atoms with van der Waals surface area (Å²) in [5.74, 6) is 0.541. The highest BCUT2D eigenvalue weighted by atomic mass is 16.5. The largest absolute Gasteiger partial charge is 0.384 e. The Bertz CT molecular complexity index is 429. The van der Waals surface area contributed by atoms with Crippen LogP contribution in [-0.4, -0.2) is 37.5 Å². The van der Waals surface area contributed by atoms with Gasteiger partial charge in [-0.2, -0.15) is 10.5 Å². The molecule has 7 nitrogen and oxygen atoms in total. The second-order valence-electron chi connectivity index (χ2n) is 4.88. The number of hydrogen-bond donors (Lipinski definition) is 3. The lowest BCUT2D eigenvalue weighted by molar-refractivity contribution is 0.124. The number of amides is 2. The topological polar surface area (TPSA) is 122 Å². The molecular formula is C13H19N5O2. The van der Waals surface area contributed by atoms with Gasteiger partial charge in [0.15, 0.2) is 6.04 Å². The lowest BCUT2D eigenvalue weighted by Gasteiger charge is -2.28. The lowest BCUT2D eigenvalue weighted by Crippen LogP contribution is -2.49. The predicted molar refractivity (Wildman–Crippen MR) is 72.0 cm³/mol. The zero-order valence-corrected chi connectivity index (χ0v) is 11.5. The zero-order valence-electron chi connectivity index (χ0n) is 11.5. The summed E-state index contributed by atoms with van der Waals surface area (Å²) in [6, 6.07) is 1.63. The third kappa shape index (κ3) is 4.87. The second kappa shape index (κ2) is 8.13. The average molecular weight is 277 g/mol. The van der Waals surface area contributed by atoms with Crippen LogP contribution in [0.3, 0.4) is 0 Å². The van der Waals surface area contributed by atoms with E-state index in [1.54, 1.807) is 19.2 Å². The summed E-state index contributed by atoms with van der Waals surface area (Å²) in [6.07, 6.45) is 3.73. The maximum Gasteiger partial charge on any atom is 0.316 e. The molecule has 0 aromatic rings. The van der Waals surface area contributed by atoms with Crippen LogP contribution in [0.2, 0.25) is 0 Å². The Morgan fingerprint density at radius 1 is 1.40 bits per heavy atom. The van der Waals surface area contributed by atoms with E-state index in [1.165, 1.54) is 0 Å². The number of rotatable bonds is 5. The van der Waals surface area contributed by atoms with E-state index in [0.29, 0.717) is 5.92 Å². The van der Waals surface area contributed by atoms with Crippen molar-refractivity contribution < 1.29 is 9.53 Å². The smallest absolute Gasteiger partial charge is 0.316 e. The lowest BCUT2D eigenvalue weighted by atomic mass is 9.86. The molecule has 1 aliphatic carbocycles. The van der Waals surface area contributed by atoms with E-state index in [9.17, 15) is 4.79 Å². The van der Waals surface area contributed by atoms with Crippen molar-refractivity contribution in [3.8, 4) is 12.1 Å². The highest BCUT2D eigenvalue weighted by Crippen LogP contribution is 2.24. The monoisotopic (exact) mass is 277 g/mol. The Kier molecular flexibility index (Phi) is 6.48. The van der Waals surface area contributed by atoms with Gasteiger partial charge >= 0.3 is 6.03 Å². The van der Waals surface area contributed by atoms with E-state index in [-0.39, 0.29) is 6.04 Å². The third-order valence-electron chi connectivity index (χ3n) is 3.40. The van der Waals surface area contributed by atoms with Crippen molar-refractivity contribution >= 4 is 11.7 Å². The molecule has 0 bridgehead atoms. The average Bonchev–Trinajstić information content (AvgIpc) is 2.46. The second-order valence-corrected chi connectivity index (χ2v) is 4.88. The van der Waals surface area contributed by atoms with Crippen molar-refractivity contribution in [3.05, 3.63) is 0 Å². The van der Waals surface area contributed by atoms with Crippen LogP contribution < -0.4 is 10.6 Å². The minimum atomic E-state index is -1.19. The summed E-state index contributed by atoms with van der Waals surface area (Å²) < 4.78 is 5.11. The molecule has 20 heavy (non-hydrogen) atoms. The van der Waals surface area contributed by atoms with Crippen molar-refractivity contribution in [1.82, 2.24) is 10.6 Å². The Labute approximate surface area is 118 Å². The first-order valence-corrected chi connectivity index (χ1v) is 6.54. The predicted octanol–water partition coefficient (Wildman–Crippen LogP) is 0.926. The molecule has 0 aliphatic heterocycles. The molecule has 0 aromatic carbocycles. The summed E-state index contributed by atoms with van der Waals surface area (Å²) in [6.45, 7) is 0.745. The highest BCUT2D eigenvalue weighted by Gasteiger charge is 2.23. The van der Waals surface area contributed by atoms with Gasteiger partial charge in [-0.3, -0.25) is 5.41 Å². The summed E-state index contributed by atoms with van der Waals surface area (Å²) >= 11 is 0. The molecule has 1 aliphatic rings. The van der Waals surface area contributed by atoms with Crippen LogP contribution in [-0.2, 0) is 4.74 Å². The molecule has 7 heteroatoms. The molecule has 0 saturated heterocycles. The van der Waals surface area contributed by atoms with Crippen LogP contribution in [0.5, 0.6) is 0 Å². The fourth-order valence-electron chi connectivity index (χ4n) is 2.30. The molecule has 0 radical (unpaired) electrons. The molecule has 0 spiro atoms. The summed E-state index contributed by atoms with van der Waals surface area (Å²) in [7, 11) is 1.68. The molecule has 0 aromatic heterocycles. The Hall–Kier alpha value is -2.12. The number of methoxy groups -OCH3 is 1. The van der Waals surface area contributed by atoms with Crippen molar-refractivity contribution in [2.45, 2.75) is 37.8 Å². The van der Waals surface area contributed by atoms with Gasteiger partial charge in [0.05, 0.1) is 6.07 Å². The van der Waals surface area contributed by atoms with Crippen molar-refractivity contribution in [1.29, 1.82) is 15.9 Å². The quantitative estimate of drug-likeness (QED) is 0.647. The standard InChI is InChI=1S/C13H19N5O2/c1-20-8-9-2-4-10(5-3-9)17-13(19)18-12(7-15)11(16)6-14/h9-10,12,16H,2-5,8H2,1H3,(H2,17,18,19). The van der Waals surface area contributed by atoms with Gasteiger partial charge in [-0.15, -0.1) is 0 Å². The van der Waals surface area contributed by atoms with E-state index < -0.39 is 17.8 Å². The number of urea groups is 1. The zero-order chi connectivity index (χ0) is 15.0. The third-order valence-corrected chi connectivity index (χ3v) is 3.40. The molecule has 1 rings (SSSR count). The number of hydrogen-bond acceptors (Lipinski definition) is 5. The molecule has 1 fully saturated rings. The van der Waals surface area contributed by atoms with Crippen LogP contribution in [0.4, 0.5) is 4.79 Å². The van der Waals surface area contributed by atoms with Crippen molar-refractivity contribution in [3.63, 3.8) is 0 Å². The first kappa shape index (κ1) is 15.9. The van der Waals surface area contributed by atoms with E-state index in [2.05, 4.69) is 10.6 Å². The van der Waals surface area contributed by atoms with Crippen LogP contribution in [0.25, 0.3) is 0 Å². The van der Waals surface area contributed by atoms with Gasteiger partial charge in [-0.05, 0) is 31.6 Å². The number of ether oxygens (including phenoxy) is 1. The molecule has 1 atom stereocenters. The van der Waals surface area contributed by atoms with E-state index in [1.807, 2.05) is 0 Å². The van der Waals surface area contributed by atoms with Gasteiger partial charge in [-0.25, -0.2) is 4.79 Å². The van der Waals surface area contributed by atoms with Crippen LogP contribution >= 0.6 is 0 Å². The van der Waals surface area contributed by atoms with Crippen molar-refractivity contribution in [2.75, 3.05) is 13.7 Å². The number of nitrogens with one attached hydrogen (secondary N) is 3. The number of nitriles is 2. The van der Waals surface area contributed by atoms with E-state index >= 15 is 0 Å². The van der Waals surface area contributed by atoms with Gasteiger partial charge in [0.25, 0.3) is 0 Å². The Morgan fingerprint density at radius 3 is 2.55 bits per heavy atom. The summed E-state index contributed by atoms with van der Waals surface area (Å²) in [5.41, 5.74) is -0.466. The molecule has 1 saturated carbocycles. The summed E-state index contributed by atoms with van der Waals surface area (Å²) in [4.78, 5) is 11.7. The fraction of sp³-hybridized carbons (Fsp3) is 0.692. The fourth-order valence-corrected chi connectivity index (χ4v) is 2.30. The number of carbonyl (C=O) groups excluding carboxylic acids is 1. The highest BCUT2D eigenvalue weighted by molar-refractivity contribution is 6.03. The summed E-state index contributed by atoms with van der Waals surface area (Å²) in [5, 5.41) is 29.7. The maximum atomic E-state index is 11.7. The molecule has 3 N–H and O–H groups in total. The van der Waals surface area contributed by atoms with Gasteiger partial charge in [-0.1, -0.05) is 0 Å². The Balaban J connectivity index is 2.35. The van der Waals surface area contributed by atoms with Crippen LogP contribution in [0, 0.1) is 34.0 Å². The molecule has 1 unspecified atom stereocenters. The maximum absolute atomic E-state index is 11.7. The molecule has 0 heterocycles. The van der Waals surface area contributed by atoms with E-state index in [4.69, 9.17) is 20.7 Å².